The lowest BCUT2D eigenvalue weighted by Gasteiger charge is -2.13. The maximum atomic E-state index is 12.9. The van der Waals surface area contributed by atoms with E-state index in [1.54, 1.807) is 43.8 Å². The number of aromatic nitrogens is 2. The molecular formula is C35H43N3O5S. The second-order valence-electron chi connectivity index (χ2n) is 9.99. The number of carbonyl (C=O) groups excluding carboxylic acids is 1. The van der Waals surface area contributed by atoms with Crippen molar-refractivity contribution >= 4 is 28.3 Å². The van der Waals surface area contributed by atoms with Crippen molar-refractivity contribution in [3.8, 4) is 5.75 Å². The minimum absolute atomic E-state index is 0.288. The number of hydrogen-bond donors (Lipinski definition) is 1. The normalized spacial score (nSPS) is 12.8. The number of anilines is 1. The summed E-state index contributed by atoms with van der Waals surface area (Å²) in [6, 6.07) is 14.8. The van der Waals surface area contributed by atoms with Gasteiger partial charge in [-0.15, -0.1) is 0 Å². The second-order valence-corrected chi connectivity index (χ2v) is 11.4. The molecule has 8 nitrogen and oxygen atoms in total. The molecule has 0 bridgehead atoms. The zero-order valence-electron chi connectivity index (χ0n) is 26.3. The van der Waals surface area contributed by atoms with Gasteiger partial charge in [-0.05, 0) is 97.6 Å². The van der Waals surface area contributed by atoms with Crippen LogP contribution in [0.5, 0.6) is 5.75 Å². The first-order valence-corrected chi connectivity index (χ1v) is 16.0. The molecule has 2 aromatic carbocycles. The Hall–Kier alpha value is -4.05. The Labute approximate surface area is 264 Å². The van der Waals surface area contributed by atoms with Gasteiger partial charge in [0.05, 0.1) is 31.4 Å². The third-order valence-corrected chi connectivity index (χ3v) is 8.08. The van der Waals surface area contributed by atoms with E-state index < -0.39 is 11.2 Å². The van der Waals surface area contributed by atoms with Gasteiger partial charge in [-0.3, -0.25) is 4.79 Å². The molecule has 1 N–H and O–H groups in total. The van der Waals surface area contributed by atoms with Crippen molar-refractivity contribution in [1.82, 2.24) is 9.55 Å². The zero-order valence-corrected chi connectivity index (χ0v) is 27.1. The molecule has 1 amide bonds. The first-order chi connectivity index (χ1) is 21.2. The summed E-state index contributed by atoms with van der Waals surface area (Å²) in [4.78, 5) is 17.6. The molecule has 0 saturated heterocycles. The highest BCUT2D eigenvalue weighted by molar-refractivity contribution is 7.90. The molecule has 0 unspecified atom stereocenters. The fourth-order valence-corrected chi connectivity index (χ4v) is 5.42. The number of hydrogen-bond acceptors (Lipinski definition) is 6. The topological polar surface area (TPSA) is 97.7 Å². The lowest BCUT2D eigenvalue weighted by Crippen LogP contribution is -2.11. The predicted octanol–water partition coefficient (Wildman–Crippen LogP) is 7.01. The number of methoxy groups -OCH3 is 1. The van der Waals surface area contributed by atoms with Crippen molar-refractivity contribution in [2.24, 2.45) is 0 Å². The van der Waals surface area contributed by atoms with Gasteiger partial charge < -0.3 is 28.6 Å². The highest BCUT2D eigenvalue weighted by Gasteiger charge is 2.17. The lowest BCUT2D eigenvalue weighted by molar-refractivity contribution is -0.111. The molecule has 0 spiro atoms. The Bertz CT molecular complexity index is 1460. The summed E-state index contributed by atoms with van der Waals surface area (Å²) in [5.41, 5.74) is 5.00. The quantitative estimate of drug-likeness (QED) is 0.0576. The van der Waals surface area contributed by atoms with Crippen LogP contribution in [0.4, 0.5) is 5.69 Å². The third kappa shape index (κ3) is 10.6. The minimum atomic E-state index is -1.22. The van der Waals surface area contributed by atoms with Crippen LogP contribution in [0.25, 0.3) is 5.57 Å². The molecule has 0 aliphatic carbocycles. The number of carbonyl (C=O) groups is 1. The van der Waals surface area contributed by atoms with E-state index in [0.29, 0.717) is 35.3 Å². The highest BCUT2D eigenvalue weighted by atomic mass is 32.2. The summed E-state index contributed by atoms with van der Waals surface area (Å²) in [7, 11) is 1.58. The Morgan fingerprint density at radius 3 is 2.41 bits per heavy atom. The number of ether oxygens (including phenoxy) is 3. The number of nitrogens with zero attached hydrogens (tertiary/aromatic N) is 2. The molecule has 3 aromatic rings. The molecule has 9 heteroatoms. The van der Waals surface area contributed by atoms with Gasteiger partial charge in [-0.25, -0.2) is 4.98 Å². The van der Waals surface area contributed by atoms with Gasteiger partial charge >= 0.3 is 0 Å². The molecule has 234 valence electrons. The number of benzene rings is 2. The highest BCUT2D eigenvalue weighted by Crippen LogP contribution is 2.22. The van der Waals surface area contributed by atoms with Crippen LogP contribution in [-0.2, 0) is 37.7 Å². The summed E-state index contributed by atoms with van der Waals surface area (Å²) in [5, 5.41) is 2.84. The van der Waals surface area contributed by atoms with Gasteiger partial charge in [0.2, 0.25) is 5.91 Å². The van der Waals surface area contributed by atoms with Crippen LogP contribution in [0.3, 0.4) is 0 Å². The number of aryl methyl sites for hydroxylation is 2. The van der Waals surface area contributed by atoms with Crippen LogP contribution in [0, 0.1) is 6.92 Å². The van der Waals surface area contributed by atoms with E-state index >= 15 is 0 Å². The van der Waals surface area contributed by atoms with Crippen LogP contribution in [0.2, 0.25) is 0 Å². The molecule has 3 rings (SSSR count). The van der Waals surface area contributed by atoms with Crippen molar-refractivity contribution in [2.75, 3.05) is 32.2 Å². The van der Waals surface area contributed by atoms with Crippen LogP contribution < -0.4 is 10.1 Å². The molecule has 0 radical (unpaired) electrons. The molecular weight excluding hydrogens is 574 g/mol. The van der Waals surface area contributed by atoms with E-state index in [1.807, 2.05) is 61.8 Å². The summed E-state index contributed by atoms with van der Waals surface area (Å²) in [6.45, 7) is 14.6. The number of rotatable bonds is 17. The summed E-state index contributed by atoms with van der Waals surface area (Å²) >= 11 is -1.22. The van der Waals surface area contributed by atoms with Gasteiger partial charge in [0.25, 0.3) is 0 Å². The smallest absolute Gasteiger partial charge is 0.248 e. The maximum absolute atomic E-state index is 12.9. The molecule has 0 saturated carbocycles. The number of nitrogens with one attached hydrogen (secondary N) is 1. The Morgan fingerprint density at radius 2 is 1.75 bits per heavy atom. The van der Waals surface area contributed by atoms with Gasteiger partial charge in [-0.1, -0.05) is 37.8 Å². The molecule has 1 aromatic heterocycles. The largest absolute Gasteiger partial charge is 0.611 e. The number of amides is 1. The Balaban J connectivity index is 1.53. The summed E-state index contributed by atoms with van der Waals surface area (Å²) < 4.78 is 31.6. The van der Waals surface area contributed by atoms with Crippen molar-refractivity contribution in [1.29, 1.82) is 0 Å². The average Bonchev–Trinajstić information content (AvgIpc) is 3.39. The third-order valence-electron chi connectivity index (χ3n) is 6.75. The Morgan fingerprint density at radius 1 is 1.02 bits per heavy atom. The maximum Gasteiger partial charge on any atom is 0.248 e. The van der Waals surface area contributed by atoms with E-state index in [0.717, 1.165) is 53.4 Å². The fourth-order valence-electron chi connectivity index (χ4n) is 4.20. The van der Waals surface area contributed by atoms with Crippen LogP contribution >= 0.6 is 0 Å². The fraction of sp³-hybridized carbons (Fsp3) is 0.314. The van der Waals surface area contributed by atoms with E-state index in [1.165, 1.54) is 6.08 Å². The van der Waals surface area contributed by atoms with Gasteiger partial charge in [-0.2, -0.15) is 0 Å². The van der Waals surface area contributed by atoms with Crippen molar-refractivity contribution in [2.45, 2.75) is 51.3 Å². The number of allylic oxidation sites excluding steroid dienone is 5. The van der Waals surface area contributed by atoms with Crippen LogP contribution in [-0.4, -0.2) is 46.9 Å². The van der Waals surface area contributed by atoms with E-state index in [2.05, 4.69) is 23.8 Å². The summed E-state index contributed by atoms with van der Waals surface area (Å²) in [5.74, 6) is 1.48. The van der Waals surface area contributed by atoms with Crippen molar-refractivity contribution < 1.29 is 23.6 Å². The van der Waals surface area contributed by atoms with Crippen LogP contribution in [0.15, 0.2) is 102 Å². The molecule has 44 heavy (non-hydrogen) atoms. The SMILES string of the molecule is C=C(\C=C/C(OC)=C(C)/C=C/C(=O)Nc1ccc([S@@+]([O-])Cc2c(C)ncn2CC)cc1)c1ccc(OCCOCCC)cc1. The Kier molecular flexibility index (Phi) is 14.0. The molecule has 0 aliphatic rings. The number of imidazole rings is 1. The van der Waals surface area contributed by atoms with E-state index in [4.69, 9.17) is 14.2 Å². The molecule has 1 heterocycles. The van der Waals surface area contributed by atoms with E-state index in [-0.39, 0.29) is 5.91 Å². The van der Waals surface area contributed by atoms with Crippen LogP contribution in [0.1, 0.15) is 44.1 Å². The average molecular weight is 618 g/mol. The monoisotopic (exact) mass is 617 g/mol. The van der Waals surface area contributed by atoms with E-state index in [9.17, 15) is 9.35 Å². The summed E-state index contributed by atoms with van der Waals surface area (Å²) in [6.07, 6.45) is 9.60. The molecule has 0 fully saturated rings. The zero-order chi connectivity index (χ0) is 31.9. The van der Waals surface area contributed by atoms with Gasteiger partial charge in [0, 0.05) is 24.9 Å². The first kappa shape index (κ1) is 34.4. The molecule has 1 atom stereocenters. The van der Waals surface area contributed by atoms with Gasteiger partial charge in [0.1, 0.15) is 18.1 Å². The lowest BCUT2D eigenvalue weighted by atomic mass is 10.1. The standard InChI is InChI=1S/C35H43N3O5S/c1-7-21-42-22-23-43-31-15-11-29(12-16-31)26(3)9-19-34(41-6)27(4)10-20-35(39)37-30-13-17-32(18-14-30)44(40)24-33-28(5)36-25-38(33)8-2/h9-20,25H,3,7-8,21-24H2,1-2,4-6H3,(H,37,39)/b19-9-,20-10+,34-27-/t44-/m0/s1. The second kappa shape index (κ2) is 17.9. The first-order valence-electron chi connectivity index (χ1n) is 14.7. The molecule has 0 aliphatic heterocycles. The minimum Gasteiger partial charge on any atom is -0.611 e. The predicted molar refractivity (Wildman–Crippen MR) is 178 cm³/mol. The van der Waals surface area contributed by atoms with Gasteiger partial charge in [0.15, 0.2) is 10.6 Å². The van der Waals surface area contributed by atoms with Crippen molar-refractivity contribution in [3.63, 3.8) is 0 Å². The van der Waals surface area contributed by atoms with Crippen molar-refractivity contribution in [3.05, 3.63) is 114 Å².